The van der Waals surface area contributed by atoms with Gasteiger partial charge in [0.05, 0.1) is 7.11 Å². The largest absolute Gasteiger partial charge is 0.497 e. The summed E-state index contributed by atoms with van der Waals surface area (Å²) in [7, 11) is -0.952. The summed E-state index contributed by atoms with van der Waals surface area (Å²) in [5, 5.41) is 3.14. The fraction of sp³-hybridized carbons (Fsp3) is 0.290. The van der Waals surface area contributed by atoms with E-state index in [0.717, 1.165) is 16.9 Å². The fourth-order valence-corrected chi connectivity index (χ4v) is 9.62. The van der Waals surface area contributed by atoms with Gasteiger partial charge in [-0.1, -0.05) is 105 Å². The molecule has 0 amide bonds. The van der Waals surface area contributed by atoms with Gasteiger partial charge in [0.2, 0.25) is 5.88 Å². The minimum Gasteiger partial charge on any atom is -0.497 e. The first-order valence-electron chi connectivity index (χ1n) is 12.8. The second kappa shape index (κ2) is 12.6. The highest BCUT2D eigenvalue weighted by atomic mass is 32.2. The Balaban J connectivity index is 1.59. The predicted octanol–water partition coefficient (Wildman–Crippen LogP) is 5.91. The van der Waals surface area contributed by atoms with Crippen molar-refractivity contribution in [2.75, 3.05) is 20.0 Å². The van der Waals surface area contributed by atoms with Crippen molar-refractivity contribution in [3.8, 4) is 11.6 Å². The van der Waals surface area contributed by atoms with E-state index in [1.165, 1.54) is 22.1 Å². The van der Waals surface area contributed by atoms with Crippen molar-refractivity contribution in [2.45, 2.75) is 44.0 Å². The molecule has 0 saturated carbocycles. The van der Waals surface area contributed by atoms with Gasteiger partial charge in [-0.2, -0.15) is 4.98 Å². The second-order valence-electron chi connectivity index (χ2n) is 10.1. The number of benzene rings is 3. The molecular formula is C31H36N2O3SSi. The number of nitrogens with zero attached hydrogens (tertiary/aromatic N) is 2. The van der Waals surface area contributed by atoms with Crippen molar-refractivity contribution >= 4 is 30.5 Å². The Hall–Kier alpha value is -3.13. The van der Waals surface area contributed by atoms with E-state index in [9.17, 15) is 0 Å². The maximum absolute atomic E-state index is 7.08. The first-order chi connectivity index (χ1) is 18.4. The number of aromatic nitrogens is 2. The Morgan fingerprint density at radius 3 is 1.97 bits per heavy atom. The first kappa shape index (κ1) is 27.9. The van der Waals surface area contributed by atoms with Crippen molar-refractivity contribution in [3.05, 3.63) is 102 Å². The molecule has 4 rings (SSSR count). The third-order valence-corrected chi connectivity index (χ3v) is 12.2. The SMILES string of the molecule is COc1ccc(COc2nc(SC)ncc2CCO[Si](c2ccccc2)(c2ccccc2)C(C)(C)C)cc1. The molecule has 0 atom stereocenters. The minimum atomic E-state index is -2.62. The minimum absolute atomic E-state index is 0.0807. The molecule has 0 aliphatic heterocycles. The van der Waals surface area contributed by atoms with E-state index < -0.39 is 8.32 Å². The van der Waals surface area contributed by atoms with E-state index in [2.05, 4.69) is 91.4 Å². The highest BCUT2D eigenvalue weighted by Crippen LogP contribution is 2.37. The van der Waals surface area contributed by atoms with E-state index in [-0.39, 0.29) is 5.04 Å². The molecule has 3 aromatic carbocycles. The van der Waals surface area contributed by atoms with Crippen LogP contribution in [0.4, 0.5) is 0 Å². The van der Waals surface area contributed by atoms with E-state index in [1.807, 2.05) is 36.7 Å². The molecule has 0 radical (unpaired) electrons. The fourth-order valence-electron chi connectivity index (χ4n) is 4.72. The van der Waals surface area contributed by atoms with Crippen LogP contribution in [0.15, 0.2) is 96.3 Å². The number of rotatable bonds is 11. The molecule has 4 aromatic rings. The summed E-state index contributed by atoms with van der Waals surface area (Å²) in [5.74, 6) is 1.42. The van der Waals surface area contributed by atoms with Crippen LogP contribution in [0.5, 0.6) is 11.6 Å². The third-order valence-electron chi connectivity index (χ3n) is 6.63. The molecule has 0 bridgehead atoms. The summed E-state index contributed by atoms with van der Waals surface area (Å²) in [6.07, 6.45) is 4.49. The Kier molecular flexibility index (Phi) is 9.25. The van der Waals surface area contributed by atoms with Gasteiger partial charge in [-0.05, 0) is 39.4 Å². The van der Waals surface area contributed by atoms with Crippen LogP contribution in [0.3, 0.4) is 0 Å². The van der Waals surface area contributed by atoms with Crippen molar-refractivity contribution in [2.24, 2.45) is 0 Å². The van der Waals surface area contributed by atoms with E-state index in [0.29, 0.717) is 30.7 Å². The van der Waals surface area contributed by atoms with Crippen molar-refractivity contribution < 1.29 is 13.9 Å². The lowest BCUT2D eigenvalue weighted by Gasteiger charge is -2.43. The summed E-state index contributed by atoms with van der Waals surface area (Å²) in [6, 6.07) is 29.3. The van der Waals surface area contributed by atoms with Crippen LogP contribution >= 0.6 is 11.8 Å². The molecular weight excluding hydrogens is 509 g/mol. The Morgan fingerprint density at radius 2 is 1.45 bits per heavy atom. The van der Waals surface area contributed by atoms with Crippen molar-refractivity contribution in [1.82, 2.24) is 9.97 Å². The predicted molar refractivity (Wildman–Crippen MR) is 158 cm³/mol. The monoisotopic (exact) mass is 544 g/mol. The molecule has 5 nitrogen and oxygen atoms in total. The van der Waals surface area contributed by atoms with Crippen LogP contribution in [0.25, 0.3) is 0 Å². The van der Waals surface area contributed by atoms with E-state index >= 15 is 0 Å². The number of methoxy groups -OCH3 is 1. The van der Waals surface area contributed by atoms with Gasteiger partial charge >= 0.3 is 0 Å². The van der Waals surface area contributed by atoms with Crippen molar-refractivity contribution in [3.63, 3.8) is 0 Å². The molecule has 0 fully saturated rings. The quantitative estimate of drug-likeness (QED) is 0.133. The van der Waals surface area contributed by atoms with Crippen LogP contribution < -0.4 is 19.8 Å². The maximum atomic E-state index is 7.08. The molecule has 0 saturated heterocycles. The summed E-state index contributed by atoms with van der Waals surface area (Å²) < 4.78 is 18.6. The molecule has 0 unspecified atom stereocenters. The molecule has 198 valence electrons. The van der Waals surface area contributed by atoms with Crippen LogP contribution in [0.1, 0.15) is 31.9 Å². The lowest BCUT2D eigenvalue weighted by molar-refractivity contribution is 0.275. The Labute approximate surface area is 231 Å². The molecule has 0 aliphatic carbocycles. The van der Waals surface area contributed by atoms with Gasteiger partial charge in [-0.25, -0.2) is 4.98 Å². The zero-order valence-electron chi connectivity index (χ0n) is 22.8. The number of hydrogen-bond donors (Lipinski definition) is 0. The van der Waals surface area contributed by atoms with Gasteiger partial charge in [0, 0.05) is 24.8 Å². The van der Waals surface area contributed by atoms with Crippen LogP contribution in [0.2, 0.25) is 5.04 Å². The molecule has 0 N–H and O–H groups in total. The van der Waals surface area contributed by atoms with Gasteiger partial charge in [0.25, 0.3) is 8.32 Å². The molecule has 7 heteroatoms. The van der Waals surface area contributed by atoms with Crippen LogP contribution in [-0.4, -0.2) is 38.3 Å². The number of hydrogen-bond acceptors (Lipinski definition) is 6. The van der Waals surface area contributed by atoms with Gasteiger partial charge < -0.3 is 13.9 Å². The van der Waals surface area contributed by atoms with Gasteiger partial charge in [0.1, 0.15) is 12.4 Å². The maximum Gasteiger partial charge on any atom is 0.261 e. The summed E-state index contributed by atoms with van der Waals surface area (Å²) in [4.78, 5) is 9.21. The summed E-state index contributed by atoms with van der Waals surface area (Å²) in [6.45, 7) is 7.82. The summed E-state index contributed by atoms with van der Waals surface area (Å²) >= 11 is 1.50. The van der Waals surface area contributed by atoms with E-state index in [1.54, 1.807) is 7.11 Å². The average Bonchev–Trinajstić information content (AvgIpc) is 2.95. The summed E-state index contributed by atoms with van der Waals surface area (Å²) in [5.41, 5.74) is 1.99. The van der Waals surface area contributed by atoms with E-state index in [4.69, 9.17) is 13.9 Å². The normalized spacial score (nSPS) is 11.8. The Morgan fingerprint density at radius 1 is 0.842 bits per heavy atom. The zero-order chi connectivity index (χ0) is 27.0. The Bertz CT molecular complexity index is 1260. The third kappa shape index (κ3) is 6.29. The van der Waals surface area contributed by atoms with Gasteiger partial charge in [-0.3, -0.25) is 0 Å². The zero-order valence-corrected chi connectivity index (χ0v) is 24.6. The van der Waals surface area contributed by atoms with Crippen LogP contribution in [-0.2, 0) is 17.5 Å². The smallest absolute Gasteiger partial charge is 0.261 e. The molecule has 0 spiro atoms. The topological polar surface area (TPSA) is 53.5 Å². The average molecular weight is 545 g/mol. The lowest BCUT2D eigenvalue weighted by atomic mass is 10.2. The highest BCUT2D eigenvalue weighted by Gasteiger charge is 2.50. The second-order valence-corrected chi connectivity index (χ2v) is 15.2. The molecule has 1 aromatic heterocycles. The van der Waals surface area contributed by atoms with Crippen LogP contribution in [0, 0.1) is 0 Å². The standard InChI is InChI=1S/C31H36N2O3SSi/c1-31(2,3)38(27-12-8-6-9-13-27,28-14-10-7-11-15-28)36-21-20-25-22-32-30(37-5)33-29(25)35-23-24-16-18-26(34-4)19-17-24/h6-19,22H,20-21,23H2,1-5H3. The lowest BCUT2D eigenvalue weighted by Crippen LogP contribution is -2.66. The molecule has 1 heterocycles. The van der Waals surface area contributed by atoms with Gasteiger partial charge in [-0.15, -0.1) is 0 Å². The highest BCUT2D eigenvalue weighted by molar-refractivity contribution is 7.98. The number of thioether (sulfide) groups is 1. The van der Waals surface area contributed by atoms with Crippen molar-refractivity contribution in [1.29, 1.82) is 0 Å². The van der Waals surface area contributed by atoms with Gasteiger partial charge in [0.15, 0.2) is 5.16 Å². The molecule has 0 aliphatic rings. The number of ether oxygens (including phenoxy) is 2. The molecule has 38 heavy (non-hydrogen) atoms. The first-order valence-corrected chi connectivity index (χ1v) is 15.9.